The van der Waals surface area contributed by atoms with Gasteiger partial charge in [0.1, 0.15) is 0 Å². The van der Waals surface area contributed by atoms with Crippen LogP contribution in [-0.2, 0) is 12.8 Å². The summed E-state index contributed by atoms with van der Waals surface area (Å²) >= 11 is 0. The van der Waals surface area contributed by atoms with Crippen molar-refractivity contribution in [3.05, 3.63) is 60.2 Å². The number of pyridine rings is 2. The standard InChI is InChI=1S/C14H18N4/c15-18-14(11-13-3-1-2-8-17-13)5-4-12-6-9-16-10-7-12/h1-3,6-10,14,18H,4-5,11,15H2. The monoisotopic (exact) mass is 242 g/mol. The highest BCUT2D eigenvalue weighted by Crippen LogP contribution is 2.07. The number of hydrogen-bond donors (Lipinski definition) is 2. The Hall–Kier alpha value is -1.78. The van der Waals surface area contributed by atoms with Crippen LogP contribution in [0.15, 0.2) is 48.9 Å². The van der Waals surface area contributed by atoms with Crippen LogP contribution in [0.3, 0.4) is 0 Å². The number of aromatic nitrogens is 2. The van der Waals surface area contributed by atoms with E-state index in [0.29, 0.717) is 0 Å². The number of hydrogen-bond acceptors (Lipinski definition) is 4. The molecule has 1 unspecified atom stereocenters. The molecular weight excluding hydrogens is 224 g/mol. The molecule has 0 radical (unpaired) electrons. The van der Waals surface area contributed by atoms with Crippen molar-refractivity contribution in [2.24, 2.45) is 5.84 Å². The van der Waals surface area contributed by atoms with Gasteiger partial charge in [-0.1, -0.05) is 6.07 Å². The number of rotatable bonds is 6. The summed E-state index contributed by atoms with van der Waals surface area (Å²) in [5.74, 6) is 5.59. The minimum Gasteiger partial charge on any atom is -0.271 e. The molecule has 2 heterocycles. The third kappa shape index (κ3) is 3.91. The SMILES string of the molecule is NNC(CCc1ccncc1)Cc1ccccn1. The highest BCUT2D eigenvalue weighted by Gasteiger charge is 2.08. The van der Waals surface area contributed by atoms with Crippen molar-refractivity contribution in [2.45, 2.75) is 25.3 Å². The fourth-order valence-corrected chi connectivity index (χ4v) is 1.91. The van der Waals surface area contributed by atoms with E-state index in [1.165, 1.54) is 5.56 Å². The second-order valence-corrected chi connectivity index (χ2v) is 4.28. The summed E-state index contributed by atoms with van der Waals surface area (Å²) in [6, 6.07) is 10.3. The zero-order chi connectivity index (χ0) is 12.6. The average molecular weight is 242 g/mol. The van der Waals surface area contributed by atoms with Crippen LogP contribution < -0.4 is 11.3 Å². The van der Waals surface area contributed by atoms with Gasteiger partial charge in [-0.25, -0.2) is 0 Å². The van der Waals surface area contributed by atoms with E-state index in [4.69, 9.17) is 5.84 Å². The molecule has 0 aliphatic rings. The Morgan fingerprint density at radius 3 is 2.61 bits per heavy atom. The normalized spacial score (nSPS) is 12.3. The summed E-state index contributed by atoms with van der Waals surface area (Å²) in [6.07, 6.45) is 8.27. The van der Waals surface area contributed by atoms with Crippen molar-refractivity contribution >= 4 is 0 Å². The summed E-state index contributed by atoms with van der Waals surface area (Å²) in [5.41, 5.74) is 5.21. The van der Waals surface area contributed by atoms with Crippen LogP contribution in [0.1, 0.15) is 17.7 Å². The molecule has 3 N–H and O–H groups in total. The lowest BCUT2D eigenvalue weighted by Gasteiger charge is -2.15. The molecule has 2 aromatic rings. The Morgan fingerprint density at radius 1 is 1.11 bits per heavy atom. The smallest absolute Gasteiger partial charge is 0.0419 e. The Morgan fingerprint density at radius 2 is 1.94 bits per heavy atom. The van der Waals surface area contributed by atoms with Gasteiger partial charge < -0.3 is 0 Å². The molecule has 4 heteroatoms. The molecular formula is C14H18N4. The molecule has 0 saturated heterocycles. The van der Waals surface area contributed by atoms with E-state index in [1.807, 2.05) is 48.9 Å². The third-order valence-electron chi connectivity index (χ3n) is 2.95. The quantitative estimate of drug-likeness (QED) is 0.595. The fourth-order valence-electron chi connectivity index (χ4n) is 1.91. The molecule has 94 valence electrons. The summed E-state index contributed by atoms with van der Waals surface area (Å²) in [5, 5.41) is 0. The van der Waals surface area contributed by atoms with Crippen LogP contribution in [0.5, 0.6) is 0 Å². The lowest BCUT2D eigenvalue weighted by Crippen LogP contribution is -2.37. The Balaban J connectivity index is 1.86. The molecule has 2 rings (SSSR count). The van der Waals surface area contributed by atoms with Gasteiger partial charge in [-0.15, -0.1) is 0 Å². The number of hydrazine groups is 1. The van der Waals surface area contributed by atoms with Crippen LogP contribution in [0.2, 0.25) is 0 Å². The van der Waals surface area contributed by atoms with Crippen molar-refractivity contribution in [2.75, 3.05) is 0 Å². The van der Waals surface area contributed by atoms with Crippen molar-refractivity contribution in [3.8, 4) is 0 Å². The van der Waals surface area contributed by atoms with Crippen molar-refractivity contribution in [1.82, 2.24) is 15.4 Å². The minimum absolute atomic E-state index is 0.244. The Labute approximate surface area is 107 Å². The maximum absolute atomic E-state index is 5.59. The van der Waals surface area contributed by atoms with Crippen molar-refractivity contribution in [3.63, 3.8) is 0 Å². The number of nitrogens with two attached hydrogens (primary N) is 1. The van der Waals surface area contributed by atoms with Gasteiger partial charge in [0, 0.05) is 36.7 Å². The Bertz CT molecular complexity index is 444. The van der Waals surface area contributed by atoms with Crippen LogP contribution in [0.4, 0.5) is 0 Å². The first-order chi connectivity index (χ1) is 8.88. The maximum Gasteiger partial charge on any atom is 0.0419 e. The second-order valence-electron chi connectivity index (χ2n) is 4.28. The lowest BCUT2D eigenvalue weighted by molar-refractivity contribution is 0.487. The predicted octanol–water partition coefficient (Wildman–Crippen LogP) is 1.48. The molecule has 0 aliphatic carbocycles. The van der Waals surface area contributed by atoms with E-state index in [2.05, 4.69) is 15.4 Å². The van der Waals surface area contributed by atoms with Crippen LogP contribution in [0.25, 0.3) is 0 Å². The highest BCUT2D eigenvalue weighted by molar-refractivity contribution is 5.10. The summed E-state index contributed by atoms with van der Waals surface area (Å²) in [4.78, 5) is 8.33. The number of nitrogens with one attached hydrogen (secondary N) is 1. The fraction of sp³-hybridized carbons (Fsp3) is 0.286. The largest absolute Gasteiger partial charge is 0.271 e. The van der Waals surface area contributed by atoms with Gasteiger partial charge in [-0.2, -0.15) is 0 Å². The molecule has 0 fully saturated rings. The molecule has 1 atom stereocenters. The molecule has 0 saturated carbocycles. The maximum atomic E-state index is 5.59. The van der Waals surface area contributed by atoms with Gasteiger partial charge >= 0.3 is 0 Å². The van der Waals surface area contributed by atoms with Gasteiger partial charge in [-0.05, 0) is 42.7 Å². The topological polar surface area (TPSA) is 63.8 Å². The minimum atomic E-state index is 0.244. The first-order valence-corrected chi connectivity index (χ1v) is 6.13. The van der Waals surface area contributed by atoms with Gasteiger partial charge in [0.2, 0.25) is 0 Å². The first kappa shape index (κ1) is 12.7. The van der Waals surface area contributed by atoms with Crippen LogP contribution in [0, 0.1) is 0 Å². The number of aryl methyl sites for hydroxylation is 1. The van der Waals surface area contributed by atoms with Crippen molar-refractivity contribution < 1.29 is 0 Å². The molecule has 0 amide bonds. The molecule has 0 aliphatic heterocycles. The van der Waals surface area contributed by atoms with Crippen LogP contribution in [-0.4, -0.2) is 16.0 Å². The molecule has 0 bridgehead atoms. The van der Waals surface area contributed by atoms with E-state index in [1.54, 1.807) is 0 Å². The summed E-state index contributed by atoms with van der Waals surface area (Å²) in [7, 11) is 0. The Kier molecular flexibility index (Phi) is 4.81. The van der Waals surface area contributed by atoms with E-state index in [9.17, 15) is 0 Å². The van der Waals surface area contributed by atoms with E-state index in [0.717, 1.165) is 25.0 Å². The summed E-state index contributed by atoms with van der Waals surface area (Å²) in [6.45, 7) is 0. The summed E-state index contributed by atoms with van der Waals surface area (Å²) < 4.78 is 0. The third-order valence-corrected chi connectivity index (χ3v) is 2.95. The lowest BCUT2D eigenvalue weighted by atomic mass is 10.0. The van der Waals surface area contributed by atoms with Crippen LogP contribution >= 0.6 is 0 Å². The first-order valence-electron chi connectivity index (χ1n) is 6.13. The molecule has 0 aromatic carbocycles. The van der Waals surface area contributed by atoms with E-state index < -0.39 is 0 Å². The zero-order valence-corrected chi connectivity index (χ0v) is 10.3. The molecule has 4 nitrogen and oxygen atoms in total. The second kappa shape index (κ2) is 6.83. The van der Waals surface area contributed by atoms with E-state index >= 15 is 0 Å². The van der Waals surface area contributed by atoms with Gasteiger partial charge in [0.25, 0.3) is 0 Å². The van der Waals surface area contributed by atoms with Gasteiger partial charge in [0.15, 0.2) is 0 Å². The average Bonchev–Trinajstić information content (AvgIpc) is 2.45. The molecule has 18 heavy (non-hydrogen) atoms. The van der Waals surface area contributed by atoms with E-state index in [-0.39, 0.29) is 6.04 Å². The van der Waals surface area contributed by atoms with Gasteiger partial charge in [0.05, 0.1) is 0 Å². The predicted molar refractivity (Wildman–Crippen MR) is 71.6 cm³/mol. The van der Waals surface area contributed by atoms with Crippen molar-refractivity contribution in [1.29, 1.82) is 0 Å². The number of nitrogens with zero attached hydrogens (tertiary/aromatic N) is 2. The van der Waals surface area contributed by atoms with Gasteiger partial charge in [-0.3, -0.25) is 21.2 Å². The molecule has 0 spiro atoms. The molecule has 2 aromatic heterocycles. The highest BCUT2D eigenvalue weighted by atomic mass is 15.2. The zero-order valence-electron chi connectivity index (χ0n) is 10.3.